The van der Waals surface area contributed by atoms with Gasteiger partial charge in [0.1, 0.15) is 0 Å². The number of morpholine rings is 1. The van der Waals surface area contributed by atoms with Crippen LogP contribution in [-0.4, -0.2) is 118 Å². The molecule has 3 fully saturated rings. The second kappa shape index (κ2) is 10.3. The quantitative estimate of drug-likeness (QED) is 0.570. The first-order valence-corrected chi connectivity index (χ1v) is 13.1. The molecule has 0 radical (unpaired) electrons. The van der Waals surface area contributed by atoms with Crippen LogP contribution in [0.3, 0.4) is 0 Å². The fourth-order valence-corrected chi connectivity index (χ4v) is 6.30. The van der Waals surface area contributed by atoms with Gasteiger partial charge in [0, 0.05) is 45.0 Å². The first kappa shape index (κ1) is 23.2. The van der Waals surface area contributed by atoms with Gasteiger partial charge in [0.15, 0.2) is 9.84 Å². The number of piperazine rings is 1. The Hall–Kier alpha value is -2.01. The number of benzene rings is 1. The maximum Gasteiger partial charge on any atom is 0.241 e. The van der Waals surface area contributed by atoms with Crippen LogP contribution in [0.15, 0.2) is 30.3 Å². The number of nitrogens with zero attached hydrogens (tertiary/aromatic N) is 4. The molecule has 0 spiro atoms. The minimum atomic E-state index is -3.10. The number of hydrogen-bond donors (Lipinski definition) is 0. The molecule has 0 saturated carbocycles. The summed E-state index contributed by atoms with van der Waals surface area (Å²) in [4.78, 5) is 33.5. The summed E-state index contributed by atoms with van der Waals surface area (Å²) in [6.07, 6.45) is 0.473. The van der Waals surface area contributed by atoms with Gasteiger partial charge in [0.2, 0.25) is 11.8 Å². The minimum absolute atomic E-state index is 0.0189. The molecular weight excluding hydrogens is 432 g/mol. The number of carbonyl (C=O) groups excluding carboxylic acids is 2. The molecule has 3 heterocycles. The van der Waals surface area contributed by atoms with E-state index in [0.717, 1.165) is 18.8 Å². The monoisotopic (exact) mass is 464 g/mol. The number of carbonyl (C=O) groups is 2. The summed E-state index contributed by atoms with van der Waals surface area (Å²) < 4.78 is 29.4. The van der Waals surface area contributed by atoms with Crippen molar-refractivity contribution >= 4 is 27.3 Å². The van der Waals surface area contributed by atoms with Crippen molar-refractivity contribution in [2.75, 3.05) is 82.0 Å². The molecule has 3 aliphatic heterocycles. The predicted octanol–water partition coefficient (Wildman–Crippen LogP) is -0.317. The van der Waals surface area contributed by atoms with Gasteiger partial charge in [-0.3, -0.25) is 19.4 Å². The van der Waals surface area contributed by atoms with E-state index >= 15 is 0 Å². The zero-order valence-corrected chi connectivity index (χ0v) is 19.2. The smallest absolute Gasteiger partial charge is 0.241 e. The van der Waals surface area contributed by atoms with Crippen LogP contribution in [0.4, 0.5) is 5.69 Å². The summed E-state index contributed by atoms with van der Waals surface area (Å²) in [5.41, 5.74) is 0.745. The van der Waals surface area contributed by atoms with Gasteiger partial charge in [-0.1, -0.05) is 18.2 Å². The van der Waals surface area contributed by atoms with Gasteiger partial charge in [-0.2, -0.15) is 0 Å². The van der Waals surface area contributed by atoms with Crippen LogP contribution >= 0.6 is 0 Å². The fraction of sp³-hybridized carbons (Fsp3) is 0.636. The molecule has 2 amide bonds. The van der Waals surface area contributed by atoms with Crippen molar-refractivity contribution in [2.24, 2.45) is 0 Å². The van der Waals surface area contributed by atoms with E-state index in [4.69, 9.17) is 4.74 Å². The van der Waals surface area contributed by atoms with Gasteiger partial charge in [0.05, 0.1) is 43.9 Å². The lowest BCUT2D eigenvalue weighted by Crippen LogP contribution is -2.54. The topological polar surface area (TPSA) is 90.5 Å². The molecule has 10 heteroatoms. The zero-order chi connectivity index (χ0) is 22.6. The van der Waals surface area contributed by atoms with Crippen molar-refractivity contribution in [1.29, 1.82) is 0 Å². The number of rotatable bonds is 6. The Kier molecular flexibility index (Phi) is 7.44. The van der Waals surface area contributed by atoms with Crippen LogP contribution in [-0.2, 0) is 24.2 Å². The fourth-order valence-electron chi connectivity index (χ4n) is 4.60. The van der Waals surface area contributed by atoms with E-state index < -0.39 is 9.84 Å². The molecule has 0 unspecified atom stereocenters. The summed E-state index contributed by atoms with van der Waals surface area (Å²) in [5.74, 6) is 0.210. The van der Waals surface area contributed by atoms with Crippen LogP contribution in [0.5, 0.6) is 0 Å². The highest BCUT2D eigenvalue weighted by Gasteiger charge is 2.36. The van der Waals surface area contributed by atoms with E-state index in [-0.39, 0.29) is 35.9 Å². The number of ether oxygens (including phenoxy) is 1. The maximum atomic E-state index is 13.3. The number of amides is 2. The number of anilines is 1. The van der Waals surface area contributed by atoms with Crippen molar-refractivity contribution in [3.8, 4) is 0 Å². The Labute approximate surface area is 189 Å². The van der Waals surface area contributed by atoms with Crippen molar-refractivity contribution in [3.05, 3.63) is 30.3 Å². The Bertz CT molecular complexity index is 896. The maximum absolute atomic E-state index is 13.3. The number of hydrogen-bond acceptors (Lipinski definition) is 7. The standard InChI is InChI=1S/C22H32N4O5S/c27-21(25-11-13-31-14-12-25)16-23-7-9-24(10-8-23)17-22(28)26(19-4-2-1-3-5-19)20-6-15-32(29,30)18-20/h1-5,20H,6-18H2/t20-/m1/s1. The van der Waals surface area contributed by atoms with Crippen molar-refractivity contribution in [2.45, 2.75) is 12.5 Å². The normalized spacial score (nSPS) is 24.4. The average molecular weight is 465 g/mol. The van der Waals surface area contributed by atoms with E-state index in [0.29, 0.717) is 52.4 Å². The minimum Gasteiger partial charge on any atom is -0.378 e. The van der Waals surface area contributed by atoms with Gasteiger partial charge in [0.25, 0.3) is 0 Å². The molecule has 4 rings (SSSR count). The molecule has 0 N–H and O–H groups in total. The average Bonchev–Trinajstić information content (AvgIpc) is 3.15. The second-order valence-corrected chi connectivity index (χ2v) is 10.9. The van der Waals surface area contributed by atoms with E-state index in [2.05, 4.69) is 9.80 Å². The Morgan fingerprint density at radius 3 is 2.16 bits per heavy atom. The van der Waals surface area contributed by atoms with Crippen LogP contribution < -0.4 is 4.90 Å². The Balaban J connectivity index is 1.32. The second-order valence-electron chi connectivity index (χ2n) is 8.70. The molecule has 1 aromatic carbocycles. The van der Waals surface area contributed by atoms with E-state index in [1.54, 1.807) is 4.90 Å². The van der Waals surface area contributed by atoms with Crippen LogP contribution in [0.1, 0.15) is 6.42 Å². The molecule has 0 aromatic heterocycles. The first-order valence-electron chi connectivity index (χ1n) is 11.3. The first-order chi connectivity index (χ1) is 15.4. The predicted molar refractivity (Wildman–Crippen MR) is 121 cm³/mol. The molecule has 3 saturated heterocycles. The highest BCUT2D eigenvalue weighted by molar-refractivity contribution is 7.91. The van der Waals surface area contributed by atoms with Crippen LogP contribution in [0.25, 0.3) is 0 Å². The lowest BCUT2D eigenvalue weighted by molar-refractivity contribution is -0.137. The molecular formula is C22H32N4O5S. The highest BCUT2D eigenvalue weighted by atomic mass is 32.2. The largest absolute Gasteiger partial charge is 0.378 e. The third-order valence-electron chi connectivity index (χ3n) is 6.42. The summed E-state index contributed by atoms with van der Waals surface area (Å²) in [6, 6.07) is 9.01. The molecule has 1 atom stereocenters. The van der Waals surface area contributed by atoms with Crippen LogP contribution in [0.2, 0.25) is 0 Å². The zero-order valence-electron chi connectivity index (χ0n) is 18.4. The number of sulfone groups is 1. The van der Waals surface area contributed by atoms with Gasteiger partial charge in [-0.05, 0) is 18.6 Å². The van der Waals surface area contributed by atoms with Gasteiger partial charge in [-0.15, -0.1) is 0 Å². The molecule has 9 nitrogen and oxygen atoms in total. The molecule has 0 bridgehead atoms. The van der Waals surface area contributed by atoms with Gasteiger partial charge < -0.3 is 14.5 Å². The lowest BCUT2D eigenvalue weighted by Gasteiger charge is -2.37. The molecule has 1 aromatic rings. The van der Waals surface area contributed by atoms with E-state index in [9.17, 15) is 18.0 Å². The SMILES string of the molecule is O=C(CN1CCN(CC(=O)N(c2ccccc2)[C@@H]2CCS(=O)(=O)C2)CC1)N1CCOCC1. The Morgan fingerprint density at radius 1 is 0.938 bits per heavy atom. The van der Waals surface area contributed by atoms with E-state index in [1.807, 2.05) is 35.2 Å². The van der Waals surface area contributed by atoms with Crippen LogP contribution in [0, 0.1) is 0 Å². The van der Waals surface area contributed by atoms with Crippen molar-refractivity contribution < 1.29 is 22.7 Å². The highest BCUT2D eigenvalue weighted by Crippen LogP contribution is 2.25. The van der Waals surface area contributed by atoms with Crippen molar-refractivity contribution in [3.63, 3.8) is 0 Å². The molecule has 0 aliphatic carbocycles. The summed E-state index contributed by atoms with van der Waals surface area (Å²) in [6.45, 7) is 6.01. The molecule has 32 heavy (non-hydrogen) atoms. The molecule has 3 aliphatic rings. The third-order valence-corrected chi connectivity index (χ3v) is 8.17. The summed E-state index contributed by atoms with van der Waals surface area (Å²) in [5, 5.41) is 0. The Morgan fingerprint density at radius 2 is 1.56 bits per heavy atom. The van der Waals surface area contributed by atoms with Gasteiger partial charge in [-0.25, -0.2) is 8.42 Å². The third kappa shape index (κ3) is 5.86. The molecule has 176 valence electrons. The summed E-state index contributed by atoms with van der Waals surface area (Å²) >= 11 is 0. The van der Waals surface area contributed by atoms with E-state index in [1.165, 1.54) is 0 Å². The number of para-hydroxylation sites is 1. The van der Waals surface area contributed by atoms with Crippen molar-refractivity contribution in [1.82, 2.24) is 14.7 Å². The van der Waals surface area contributed by atoms with Gasteiger partial charge >= 0.3 is 0 Å². The summed E-state index contributed by atoms with van der Waals surface area (Å²) in [7, 11) is -3.10. The lowest BCUT2D eigenvalue weighted by atomic mass is 10.1.